The fourth-order valence-corrected chi connectivity index (χ4v) is 5.32. The molecule has 0 aliphatic heterocycles. The van der Waals surface area contributed by atoms with Crippen LogP contribution in [0.5, 0.6) is 0 Å². The zero-order valence-electron chi connectivity index (χ0n) is 20.4. The highest BCUT2D eigenvalue weighted by atomic mass is 79.9. The van der Waals surface area contributed by atoms with Crippen molar-refractivity contribution >= 4 is 15.9 Å². The zero-order valence-corrected chi connectivity index (χ0v) is 22.0. The molecule has 3 rings (SSSR count). The number of aliphatic hydroxyl groups excluding tert-OH is 1. The van der Waals surface area contributed by atoms with Crippen LogP contribution in [0.25, 0.3) is 0 Å². The molecule has 1 aliphatic carbocycles. The molecule has 0 radical (unpaired) electrons. The lowest BCUT2D eigenvalue weighted by Gasteiger charge is -2.52. The van der Waals surface area contributed by atoms with E-state index in [1.54, 1.807) is 0 Å². The Labute approximate surface area is 207 Å². The second-order valence-electron chi connectivity index (χ2n) is 9.32. The number of hydrogen-bond acceptors (Lipinski definition) is 4. The summed E-state index contributed by atoms with van der Waals surface area (Å²) < 4.78 is 19.3. The van der Waals surface area contributed by atoms with Crippen LogP contribution < -0.4 is 0 Å². The summed E-state index contributed by atoms with van der Waals surface area (Å²) in [7, 11) is 0. The average Bonchev–Trinajstić information content (AvgIpc) is 2.82. The van der Waals surface area contributed by atoms with E-state index in [4.69, 9.17) is 14.2 Å². The largest absolute Gasteiger partial charge is 0.385 e. The smallest absolute Gasteiger partial charge is 0.155 e. The van der Waals surface area contributed by atoms with Crippen LogP contribution in [0.4, 0.5) is 0 Å². The maximum absolute atomic E-state index is 12.0. The van der Waals surface area contributed by atoms with E-state index in [-0.39, 0.29) is 6.29 Å². The van der Waals surface area contributed by atoms with Crippen molar-refractivity contribution in [3.05, 3.63) is 81.3 Å². The molecule has 0 amide bonds. The molecule has 0 spiro atoms. The van der Waals surface area contributed by atoms with Crippen molar-refractivity contribution in [3.63, 3.8) is 0 Å². The molecular weight excluding hydrogens is 480 g/mol. The minimum atomic E-state index is -0.834. The number of rotatable bonds is 10. The molecule has 0 bridgehead atoms. The van der Waals surface area contributed by atoms with Crippen LogP contribution in [0.2, 0.25) is 0 Å². The van der Waals surface area contributed by atoms with Crippen molar-refractivity contribution in [1.82, 2.24) is 0 Å². The van der Waals surface area contributed by atoms with Gasteiger partial charge in [0.1, 0.15) is 11.7 Å². The maximum atomic E-state index is 12.0. The van der Waals surface area contributed by atoms with Gasteiger partial charge in [0, 0.05) is 16.5 Å². The maximum Gasteiger partial charge on any atom is 0.155 e. The van der Waals surface area contributed by atoms with Gasteiger partial charge >= 0.3 is 0 Å². The summed E-state index contributed by atoms with van der Waals surface area (Å²) in [5, 5.41) is 12.0. The lowest BCUT2D eigenvalue weighted by molar-refractivity contribution is -0.192. The van der Waals surface area contributed by atoms with Crippen LogP contribution in [0.15, 0.2) is 64.7 Å². The van der Waals surface area contributed by atoms with Gasteiger partial charge in [0.25, 0.3) is 0 Å². The quantitative estimate of drug-likeness (QED) is 0.343. The van der Waals surface area contributed by atoms with E-state index >= 15 is 0 Å². The normalized spacial score (nSPS) is 22.3. The van der Waals surface area contributed by atoms with Crippen molar-refractivity contribution in [3.8, 4) is 0 Å². The van der Waals surface area contributed by atoms with Gasteiger partial charge in [-0.1, -0.05) is 89.9 Å². The van der Waals surface area contributed by atoms with E-state index in [2.05, 4.69) is 48.8 Å². The summed E-state index contributed by atoms with van der Waals surface area (Å²) >= 11 is 3.85. The second-order valence-corrected chi connectivity index (χ2v) is 10.1. The SMILES string of the molecule is CCOC(C)OCc1ccccc1[C@H](O)[C@]1(OCc2ccccc2)CCC(C)=C(Br)C1(C)C. The van der Waals surface area contributed by atoms with Crippen molar-refractivity contribution < 1.29 is 19.3 Å². The van der Waals surface area contributed by atoms with Crippen LogP contribution in [0.1, 0.15) is 70.3 Å². The Morgan fingerprint density at radius 3 is 2.36 bits per heavy atom. The number of halogens is 1. The van der Waals surface area contributed by atoms with Gasteiger partial charge in [0.05, 0.1) is 13.2 Å². The van der Waals surface area contributed by atoms with Gasteiger partial charge in [-0.15, -0.1) is 0 Å². The summed E-state index contributed by atoms with van der Waals surface area (Å²) in [4.78, 5) is 0. The first-order chi connectivity index (χ1) is 15.7. The van der Waals surface area contributed by atoms with Gasteiger partial charge in [-0.25, -0.2) is 0 Å². The highest BCUT2D eigenvalue weighted by Gasteiger charge is 2.55. The number of aliphatic hydroxyl groups is 1. The Morgan fingerprint density at radius 1 is 1.00 bits per heavy atom. The molecule has 180 valence electrons. The molecule has 0 aromatic heterocycles. The third kappa shape index (κ3) is 5.60. The zero-order chi connectivity index (χ0) is 24.1. The monoisotopic (exact) mass is 516 g/mol. The molecule has 5 heteroatoms. The van der Waals surface area contributed by atoms with E-state index < -0.39 is 17.1 Å². The van der Waals surface area contributed by atoms with Crippen molar-refractivity contribution in [2.75, 3.05) is 6.61 Å². The molecule has 4 nitrogen and oxygen atoms in total. The Bertz CT molecular complexity index is 940. The molecule has 0 saturated heterocycles. The lowest BCUT2D eigenvalue weighted by Crippen LogP contribution is -2.54. The van der Waals surface area contributed by atoms with Gasteiger partial charge in [-0.2, -0.15) is 0 Å². The van der Waals surface area contributed by atoms with Crippen LogP contribution in [0.3, 0.4) is 0 Å². The topological polar surface area (TPSA) is 47.9 Å². The highest BCUT2D eigenvalue weighted by molar-refractivity contribution is 9.11. The standard InChI is InChI=1S/C28H37BrO4/c1-6-31-21(3)32-19-23-14-10-11-15-24(23)26(30)28(33-18-22-12-8-7-9-13-22)17-16-20(2)25(29)27(28,4)5/h7-15,21,26,30H,6,16-19H2,1-5H3/t21?,26-,28+/m0/s1. The third-order valence-electron chi connectivity index (χ3n) is 6.86. The first kappa shape index (κ1) is 26.1. The summed E-state index contributed by atoms with van der Waals surface area (Å²) in [6, 6.07) is 18.1. The molecular formula is C28H37BrO4. The Kier molecular flexibility index (Phi) is 8.93. The van der Waals surface area contributed by atoms with E-state index in [0.29, 0.717) is 19.8 Å². The summed E-state index contributed by atoms with van der Waals surface area (Å²) in [5.74, 6) is 0. The summed E-state index contributed by atoms with van der Waals surface area (Å²) in [6.07, 6.45) is 0.434. The molecule has 0 saturated carbocycles. The first-order valence-electron chi connectivity index (χ1n) is 11.8. The fraction of sp³-hybridized carbons (Fsp3) is 0.500. The van der Waals surface area contributed by atoms with E-state index in [1.165, 1.54) is 5.57 Å². The van der Waals surface area contributed by atoms with Gasteiger partial charge in [-0.05, 0) is 50.3 Å². The first-order valence-corrected chi connectivity index (χ1v) is 12.5. The number of benzene rings is 2. The molecule has 0 heterocycles. The van der Waals surface area contributed by atoms with Gasteiger partial charge in [0.2, 0.25) is 0 Å². The van der Waals surface area contributed by atoms with E-state index in [0.717, 1.165) is 34.0 Å². The number of ether oxygens (including phenoxy) is 3. The van der Waals surface area contributed by atoms with Crippen LogP contribution in [-0.2, 0) is 27.4 Å². The summed E-state index contributed by atoms with van der Waals surface area (Å²) in [5.41, 5.74) is 2.91. The number of allylic oxidation sites excluding steroid dienone is 1. The minimum Gasteiger partial charge on any atom is -0.385 e. The molecule has 3 atom stereocenters. The van der Waals surface area contributed by atoms with E-state index in [1.807, 2.05) is 56.3 Å². The fourth-order valence-electron chi connectivity index (χ4n) is 4.78. The molecule has 33 heavy (non-hydrogen) atoms. The molecule has 2 aromatic rings. The summed E-state index contributed by atoms with van der Waals surface area (Å²) in [6.45, 7) is 11.7. The molecule has 2 aromatic carbocycles. The predicted octanol–water partition coefficient (Wildman–Crippen LogP) is 7.06. The molecule has 0 fully saturated rings. The Morgan fingerprint density at radius 2 is 1.67 bits per heavy atom. The van der Waals surface area contributed by atoms with Crippen molar-refractivity contribution in [2.45, 2.75) is 78.7 Å². The van der Waals surface area contributed by atoms with Crippen LogP contribution in [-0.4, -0.2) is 23.6 Å². The molecule has 1 aliphatic rings. The Balaban J connectivity index is 1.98. The van der Waals surface area contributed by atoms with Gasteiger partial charge in [-0.3, -0.25) is 0 Å². The van der Waals surface area contributed by atoms with Gasteiger partial charge in [0.15, 0.2) is 6.29 Å². The average molecular weight is 518 g/mol. The molecule has 1 unspecified atom stereocenters. The van der Waals surface area contributed by atoms with Crippen LogP contribution in [0, 0.1) is 5.41 Å². The van der Waals surface area contributed by atoms with Gasteiger partial charge < -0.3 is 19.3 Å². The van der Waals surface area contributed by atoms with Crippen molar-refractivity contribution in [1.29, 1.82) is 0 Å². The Hall–Kier alpha value is -1.50. The minimum absolute atomic E-state index is 0.311. The van der Waals surface area contributed by atoms with E-state index in [9.17, 15) is 5.11 Å². The highest BCUT2D eigenvalue weighted by Crippen LogP contribution is 2.57. The predicted molar refractivity (Wildman–Crippen MR) is 136 cm³/mol. The molecule has 1 N–H and O–H groups in total. The van der Waals surface area contributed by atoms with Crippen molar-refractivity contribution in [2.24, 2.45) is 5.41 Å². The van der Waals surface area contributed by atoms with Crippen LogP contribution >= 0.6 is 15.9 Å². The number of hydrogen-bond donors (Lipinski definition) is 1. The lowest BCUT2D eigenvalue weighted by atomic mass is 9.63. The third-order valence-corrected chi connectivity index (χ3v) is 8.53. The second kappa shape index (κ2) is 11.3.